The molecule has 2 N–H and O–H groups in total. The van der Waals surface area contributed by atoms with Crippen molar-refractivity contribution in [1.82, 2.24) is 0 Å². The van der Waals surface area contributed by atoms with Gasteiger partial charge in [-0.25, -0.2) is 9.59 Å². The van der Waals surface area contributed by atoms with Crippen LogP contribution in [0.1, 0.15) is 78.7 Å². The molecular weight excluding hydrogens is 526 g/mol. The zero-order chi connectivity index (χ0) is 27.8. The molecule has 0 bridgehead atoms. The maximum Gasteiger partial charge on any atom is 0.335 e. The summed E-state index contributed by atoms with van der Waals surface area (Å²) in [7, 11) is 1.55. The minimum atomic E-state index is -1.31. The van der Waals surface area contributed by atoms with Gasteiger partial charge < -0.3 is 19.7 Å². The average molecular weight is 558 g/mol. The Kier molecular flexibility index (Phi) is 10.3. The number of aromatic carboxylic acids is 2. The highest BCUT2D eigenvalue weighted by atomic mass is 32.2. The molecule has 38 heavy (non-hydrogen) atoms. The Morgan fingerprint density at radius 3 is 2.29 bits per heavy atom. The molecule has 1 amide bonds. The van der Waals surface area contributed by atoms with Gasteiger partial charge in [-0.15, -0.1) is 0 Å². The molecule has 3 rings (SSSR count). The number of methoxy groups -OCH3 is 1. The second kappa shape index (κ2) is 13.4. The van der Waals surface area contributed by atoms with E-state index in [9.17, 15) is 24.6 Å². The summed E-state index contributed by atoms with van der Waals surface area (Å²) in [6.45, 7) is 4.23. The Hall–Kier alpha value is -3.37. The summed E-state index contributed by atoms with van der Waals surface area (Å²) in [5.41, 5.74) is 0.257. The summed E-state index contributed by atoms with van der Waals surface area (Å²) in [5.74, 6) is -1.95. The monoisotopic (exact) mass is 557 g/mol. The molecule has 0 saturated carbocycles. The van der Waals surface area contributed by atoms with Crippen LogP contribution in [0, 0.1) is 0 Å². The van der Waals surface area contributed by atoms with Crippen molar-refractivity contribution in [3.8, 4) is 11.5 Å². The molecule has 8 nitrogen and oxygen atoms in total. The van der Waals surface area contributed by atoms with Gasteiger partial charge in [-0.2, -0.15) is 0 Å². The molecule has 1 heterocycles. The molecule has 10 heteroatoms. The smallest absolute Gasteiger partial charge is 0.335 e. The maximum absolute atomic E-state index is 13.2. The van der Waals surface area contributed by atoms with Gasteiger partial charge in [0, 0.05) is 0 Å². The first-order chi connectivity index (χ1) is 18.1. The number of anilines is 1. The van der Waals surface area contributed by atoms with Crippen molar-refractivity contribution in [2.75, 3.05) is 12.0 Å². The van der Waals surface area contributed by atoms with Gasteiger partial charge in [0.05, 0.1) is 34.9 Å². The number of carbonyl (C=O) groups excluding carboxylic acids is 1. The molecule has 202 valence electrons. The average Bonchev–Trinajstić information content (AvgIpc) is 3.16. The molecule has 2 aromatic rings. The van der Waals surface area contributed by atoms with Crippen LogP contribution in [0.4, 0.5) is 5.69 Å². The third-order valence-electron chi connectivity index (χ3n) is 5.99. The largest absolute Gasteiger partial charge is 0.493 e. The van der Waals surface area contributed by atoms with E-state index in [1.165, 1.54) is 37.8 Å². The molecule has 2 aromatic carbocycles. The van der Waals surface area contributed by atoms with Crippen molar-refractivity contribution < 1.29 is 34.1 Å². The van der Waals surface area contributed by atoms with Crippen LogP contribution in [-0.4, -0.2) is 45.6 Å². The summed E-state index contributed by atoms with van der Waals surface area (Å²) in [6, 6.07) is 8.86. The first kappa shape index (κ1) is 29.2. The number of hydrogen-bond donors (Lipinski definition) is 2. The van der Waals surface area contributed by atoms with Crippen molar-refractivity contribution in [2.24, 2.45) is 0 Å². The van der Waals surface area contributed by atoms with E-state index in [4.69, 9.17) is 21.7 Å². The molecule has 1 aliphatic rings. The Bertz CT molecular complexity index is 1230. The lowest BCUT2D eigenvalue weighted by Crippen LogP contribution is -2.28. The molecule has 1 aliphatic heterocycles. The molecule has 0 spiro atoms. The lowest BCUT2D eigenvalue weighted by molar-refractivity contribution is -0.113. The van der Waals surface area contributed by atoms with E-state index in [-0.39, 0.29) is 27.2 Å². The van der Waals surface area contributed by atoms with Crippen LogP contribution in [-0.2, 0) is 4.79 Å². The first-order valence-electron chi connectivity index (χ1n) is 12.4. The summed E-state index contributed by atoms with van der Waals surface area (Å²) in [6.07, 6.45) is 8.63. The predicted octanol–water partition coefficient (Wildman–Crippen LogP) is 6.63. The van der Waals surface area contributed by atoms with Crippen LogP contribution in [0.2, 0.25) is 0 Å². The van der Waals surface area contributed by atoms with E-state index >= 15 is 0 Å². The number of hydrogen-bond acceptors (Lipinski definition) is 7. The molecular formula is C28H31NO7S2. The zero-order valence-corrected chi connectivity index (χ0v) is 23.2. The van der Waals surface area contributed by atoms with Gasteiger partial charge in [0.1, 0.15) is 0 Å². The normalized spacial score (nSPS) is 15.1. The van der Waals surface area contributed by atoms with Crippen molar-refractivity contribution in [3.63, 3.8) is 0 Å². The summed E-state index contributed by atoms with van der Waals surface area (Å²) < 4.78 is 11.8. The molecule has 1 saturated heterocycles. The highest BCUT2D eigenvalue weighted by Crippen LogP contribution is 2.38. The van der Waals surface area contributed by atoms with E-state index in [0.717, 1.165) is 35.6 Å². The SMILES string of the molecule is CCCCCCCC(C)Oc1ccc(/C=C2/SC(=S)N(c3cc(C(=O)O)cc(C(=O)O)c3)C2=O)cc1OC. The number of benzene rings is 2. The maximum atomic E-state index is 13.2. The molecule has 0 radical (unpaired) electrons. The van der Waals surface area contributed by atoms with Gasteiger partial charge >= 0.3 is 11.9 Å². The number of thioether (sulfide) groups is 1. The third-order valence-corrected chi connectivity index (χ3v) is 7.29. The second-order valence-electron chi connectivity index (χ2n) is 8.94. The van der Waals surface area contributed by atoms with E-state index < -0.39 is 17.8 Å². The van der Waals surface area contributed by atoms with E-state index in [2.05, 4.69) is 6.92 Å². The van der Waals surface area contributed by atoms with Crippen molar-refractivity contribution in [3.05, 3.63) is 58.0 Å². The zero-order valence-electron chi connectivity index (χ0n) is 21.6. The third kappa shape index (κ3) is 7.35. The lowest BCUT2D eigenvalue weighted by atomic mass is 10.1. The van der Waals surface area contributed by atoms with Crippen molar-refractivity contribution in [1.29, 1.82) is 0 Å². The van der Waals surface area contributed by atoms with Crippen LogP contribution >= 0.6 is 24.0 Å². The molecule has 1 unspecified atom stereocenters. The van der Waals surface area contributed by atoms with Crippen molar-refractivity contribution >= 4 is 57.9 Å². The minimum Gasteiger partial charge on any atom is -0.493 e. The number of carboxylic acid groups (broad SMARTS) is 2. The van der Waals surface area contributed by atoms with Crippen LogP contribution in [0.5, 0.6) is 11.5 Å². The quantitative estimate of drug-likeness (QED) is 0.159. The Balaban J connectivity index is 1.78. The number of thiocarbonyl (C=S) groups is 1. The number of carbonyl (C=O) groups is 3. The summed E-state index contributed by atoms with van der Waals surface area (Å²) >= 11 is 6.42. The lowest BCUT2D eigenvalue weighted by Gasteiger charge is -2.17. The van der Waals surface area contributed by atoms with Gasteiger partial charge in [-0.3, -0.25) is 9.69 Å². The van der Waals surface area contributed by atoms with Gasteiger partial charge in [-0.05, 0) is 61.7 Å². The van der Waals surface area contributed by atoms with Gasteiger partial charge in [-0.1, -0.05) is 62.7 Å². The van der Waals surface area contributed by atoms with E-state index in [1.807, 2.05) is 13.0 Å². The fraction of sp³-hybridized carbons (Fsp3) is 0.357. The highest BCUT2D eigenvalue weighted by molar-refractivity contribution is 8.27. The molecule has 1 atom stereocenters. The standard InChI is InChI=1S/C28H31NO7S2/c1-4-5-6-7-8-9-17(2)36-22-11-10-18(12-23(22)35-3)13-24-25(30)29(28(37)38-24)21-15-19(26(31)32)14-20(16-21)27(33)34/h10-17H,4-9H2,1-3H3,(H,31,32)(H,33,34)/b24-13+. The molecule has 1 fully saturated rings. The van der Waals surface area contributed by atoms with Gasteiger partial charge in [0.15, 0.2) is 15.8 Å². The van der Waals surface area contributed by atoms with Gasteiger partial charge in [0.25, 0.3) is 5.91 Å². The number of rotatable bonds is 13. The van der Waals surface area contributed by atoms with Crippen LogP contribution in [0.25, 0.3) is 6.08 Å². The van der Waals surface area contributed by atoms with Gasteiger partial charge in [0.2, 0.25) is 0 Å². The highest BCUT2D eigenvalue weighted by Gasteiger charge is 2.34. The fourth-order valence-electron chi connectivity index (χ4n) is 4.01. The number of unbranched alkanes of at least 4 members (excludes halogenated alkanes) is 4. The Morgan fingerprint density at radius 1 is 1.03 bits per heavy atom. The summed E-state index contributed by atoms with van der Waals surface area (Å²) in [4.78, 5) is 37.6. The number of nitrogens with zero attached hydrogens (tertiary/aromatic N) is 1. The van der Waals surface area contributed by atoms with Crippen LogP contribution < -0.4 is 14.4 Å². The molecule has 0 aromatic heterocycles. The Labute approximate surface area is 231 Å². The van der Waals surface area contributed by atoms with E-state index in [0.29, 0.717) is 22.0 Å². The van der Waals surface area contributed by atoms with Crippen molar-refractivity contribution in [2.45, 2.75) is 58.5 Å². The van der Waals surface area contributed by atoms with Crippen LogP contribution in [0.15, 0.2) is 41.3 Å². The minimum absolute atomic E-state index is 0.0323. The Morgan fingerprint density at radius 2 is 1.68 bits per heavy atom. The number of carboxylic acids is 2. The van der Waals surface area contributed by atoms with Crippen LogP contribution in [0.3, 0.4) is 0 Å². The summed E-state index contributed by atoms with van der Waals surface area (Å²) in [5, 5.41) is 18.7. The number of amides is 1. The molecule has 0 aliphatic carbocycles. The predicted molar refractivity (Wildman–Crippen MR) is 152 cm³/mol. The first-order valence-corrected chi connectivity index (χ1v) is 13.6. The van der Waals surface area contributed by atoms with E-state index in [1.54, 1.807) is 25.3 Å². The fourth-order valence-corrected chi connectivity index (χ4v) is 5.31. The topological polar surface area (TPSA) is 113 Å². The second-order valence-corrected chi connectivity index (χ2v) is 10.6. The number of ether oxygens (including phenoxy) is 2.